The zero-order valence-electron chi connectivity index (χ0n) is 17.5. The smallest absolute Gasteiger partial charge is 0.267 e. The maximum absolute atomic E-state index is 13.3. The van der Waals surface area contributed by atoms with Crippen LogP contribution in [0.1, 0.15) is 24.9 Å². The first-order valence-corrected chi connectivity index (χ1v) is 10.4. The van der Waals surface area contributed by atoms with Crippen LogP contribution < -0.4 is 15.6 Å². The van der Waals surface area contributed by atoms with Crippen LogP contribution in [0, 0.1) is 0 Å². The molecule has 4 rings (SSSR count). The number of hydrogen-bond donors (Lipinski definition) is 1. The summed E-state index contributed by atoms with van der Waals surface area (Å²) in [6.07, 6.45) is 1.72. The van der Waals surface area contributed by atoms with Gasteiger partial charge in [0.05, 0.1) is 7.11 Å². The second-order valence-electron chi connectivity index (χ2n) is 7.17. The van der Waals surface area contributed by atoms with Gasteiger partial charge in [0.2, 0.25) is 5.91 Å². The van der Waals surface area contributed by atoms with Crippen LogP contribution in [0.5, 0.6) is 5.75 Å². The van der Waals surface area contributed by atoms with E-state index in [-0.39, 0.29) is 17.0 Å². The highest BCUT2D eigenvalue weighted by Crippen LogP contribution is 2.26. The third-order valence-corrected chi connectivity index (χ3v) is 5.42. The molecular weight excluding hydrogens is 432 g/mol. The van der Waals surface area contributed by atoms with Crippen molar-refractivity contribution < 1.29 is 14.1 Å². The van der Waals surface area contributed by atoms with Crippen molar-refractivity contribution in [2.24, 2.45) is 0 Å². The van der Waals surface area contributed by atoms with Gasteiger partial charge in [-0.15, -0.1) is 0 Å². The topological polar surface area (TPSA) is 99.2 Å². The molecule has 9 heteroatoms. The summed E-state index contributed by atoms with van der Waals surface area (Å²) < 4.78 is 11.8. The maximum Gasteiger partial charge on any atom is 0.267 e. The zero-order valence-corrected chi connectivity index (χ0v) is 18.3. The van der Waals surface area contributed by atoms with Crippen LogP contribution in [0.4, 0.5) is 0 Å². The minimum Gasteiger partial charge on any atom is -0.497 e. The standard InChI is InChI=1S/C23H21ClN4O4/c1-3-18(21(29)25-12-14-5-4-6-17(11-14)31-2)28-13-26-22-19(23(28)30)20(27-32-22)15-7-9-16(24)10-8-15/h4-11,13,18H,3,12H2,1-2H3,(H,25,29)/t18-/m0/s1. The Hall–Kier alpha value is -3.65. The minimum absolute atomic E-state index is 0.114. The fourth-order valence-corrected chi connectivity index (χ4v) is 3.61. The van der Waals surface area contributed by atoms with E-state index in [1.54, 1.807) is 31.4 Å². The molecule has 0 bridgehead atoms. The monoisotopic (exact) mass is 452 g/mol. The summed E-state index contributed by atoms with van der Waals surface area (Å²) in [4.78, 5) is 30.5. The van der Waals surface area contributed by atoms with Crippen LogP contribution in [0.15, 0.2) is 64.2 Å². The molecule has 1 atom stereocenters. The molecule has 0 fully saturated rings. The van der Waals surface area contributed by atoms with Gasteiger partial charge in [0.15, 0.2) is 0 Å². The largest absolute Gasteiger partial charge is 0.497 e. The van der Waals surface area contributed by atoms with Crippen molar-refractivity contribution in [2.75, 3.05) is 7.11 Å². The second kappa shape index (κ2) is 9.23. The number of hydrogen-bond acceptors (Lipinski definition) is 6. The molecule has 1 N–H and O–H groups in total. The molecule has 0 aliphatic rings. The molecule has 0 aliphatic heterocycles. The maximum atomic E-state index is 13.3. The van der Waals surface area contributed by atoms with Crippen molar-refractivity contribution >= 4 is 28.6 Å². The second-order valence-corrected chi connectivity index (χ2v) is 7.61. The normalized spacial score (nSPS) is 12.0. The molecule has 1 amide bonds. The van der Waals surface area contributed by atoms with Crippen molar-refractivity contribution in [3.05, 3.63) is 75.8 Å². The van der Waals surface area contributed by atoms with E-state index in [1.165, 1.54) is 10.9 Å². The first kappa shape index (κ1) is 21.6. The van der Waals surface area contributed by atoms with Crippen molar-refractivity contribution in [3.63, 3.8) is 0 Å². The number of benzene rings is 2. The lowest BCUT2D eigenvalue weighted by molar-refractivity contribution is -0.124. The van der Waals surface area contributed by atoms with Gasteiger partial charge in [0, 0.05) is 17.1 Å². The van der Waals surface area contributed by atoms with Gasteiger partial charge in [-0.25, -0.2) is 4.98 Å². The summed E-state index contributed by atoms with van der Waals surface area (Å²) in [6, 6.07) is 13.6. The van der Waals surface area contributed by atoms with Gasteiger partial charge in [0.1, 0.15) is 29.2 Å². The van der Waals surface area contributed by atoms with E-state index in [0.717, 1.165) is 5.56 Å². The highest BCUT2D eigenvalue weighted by atomic mass is 35.5. The Kier molecular flexibility index (Phi) is 6.23. The molecule has 0 unspecified atom stereocenters. The Morgan fingerprint density at radius 2 is 2.03 bits per heavy atom. The fourth-order valence-electron chi connectivity index (χ4n) is 3.48. The lowest BCUT2D eigenvalue weighted by atomic mass is 10.1. The average Bonchev–Trinajstić information content (AvgIpc) is 3.25. The molecule has 4 aromatic rings. The van der Waals surface area contributed by atoms with E-state index in [9.17, 15) is 9.59 Å². The number of nitrogens with zero attached hydrogens (tertiary/aromatic N) is 3. The Morgan fingerprint density at radius 1 is 1.25 bits per heavy atom. The molecule has 8 nitrogen and oxygen atoms in total. The van der Waals surface area contributed by atoms with Gasteiger partial charge < -0.3 is 14.6 Å². The van der Waals surface area contributed by atoms with E-state index in [1.807, 2.05) is 31.2 Å². The Bertz CT molecular complexity index is 1310. The Labute approximate surface area is 188 Å². The average molecular weight is 453 g/mol. The van der Waals surface area contributed by atoms with E-state index in [2.05, 4.69) is 15.5 Å². The van der Waals surface area contributed by atoms with Gasteiger partial charge in [-0.1, -0.05) is 47.9 Å². The predicted octanol–water partition coefficient (Wildman–Crippen LogP) is 3.98. The van der Waals surface area contributed by atoms with Crippen LogP contribution in [0.25, 0.3) is 22.4 Å². The lowest BCUT2D eigenvalue weighted by Crippen LogP contribution is -2.36. The molecule has 0 saturated heterocycles. The number of carbonyl (C=O) groups is 1. The molecular formula is C23H21ClN4O4. The highest BCUT2D eigenvalue weighted by Gasteiger charge is 2.24. The summed E-state index contributed by atoms with van der Waals surface area (Å²) >= 11 is 5.96. The number of halogens is 1. The highest BCUT2D eigenvalue weighted by molar-refractivity contribution is 6.30. The summed E-state index contributed by atoms with van der Waals surface area (Å²) in [5.41, 5.74) is 1.63. The number of fused-ring (bicyclic) bond motifs is 1. The number of ether oxygens (including phenoxy) is 1. The first-order valence-electron chi connectivity index (χ1n) is 10.0. The molecule has 2 aromatic carbocycles. The van der Waals surface area contributed by atoms with E-state index < -0.39 is 11.6 Å². The predicted molar refractivity (Wildman–Crippen MR) is 121 cm³/mol. The number of methoxy groups -OCH3 is 1. The summed E-state index contributed by atoms with van der Waals surface area (Å²) in [6.45, 7) is 2.14. The van der Waals surface area contributed by atoms with Crippen LogP contribution >= 0.6 is 11.6 Å². The molecule has 2 aromatic heterocycles. The van der Waals surface area contributed by atoms with Crippen molar-refractivity contribution in [1.29, 1.82) is 0 Å². The van der Waals surface area contributed by atoms with Crippen molar-refractivity contribution in [2.45, 2.75) is 25.9 Å². The summed E-state index contributed by atoms with van der Waals surface area (Å²) in [5.74, 6) is 0.417. The third-order valence-electron chi connectivity index (χ3n) is 5.17. The number of rotatable bonds is 7. The third kappa shape index (κ3) is 4.22. The molecule has 0 spiro atoms. The number of nitrogens with one attached hydrogen (secondary N) is 1. The molecule has 0 aliphatic carbocycles. The van der Waals surface area contributed by atoms with Crippen LogP contribution in [0.3, 0.4) is 0 Å². The number of aromatic nitrogens is 3. The van der Waals surface area contributed by atoms with E-state index in [4.69, 9.17) is 20.9 Å². The summed E-state index contributed by atoms with van der Waals surface area (Å²) in [5, 5.41) is 7.68. The van der Waals surface area contributed by atoms with Crippen LogP contribution in [0.2, 0.25) is 5.02 Å². The SMILES string of the molecule is CC[C@@H](C(=O)NCc1cccc(OC)c1)n1cnc2onc(-c3ccc(Cl)cc3)c2c1=O. The Morgan fingerprint density at radius 3 is 2.75 bits per heavy atom. The van der Waals surface area contributed by atoms with Crippen LogP contribution in [-0.2, 0) is 11.3 Å². The van der Waals surface area contributed by atoms with Gasteiger partial charge in [-0.3, -0.25) is 14.2 Å². The fraction of sp³-hybridized carbons (Fsp3) is 0.217. The number of amides is 1. The molecule has 164 valence electrons. The zero-order chi connectivity index (χ0) is 22.7. The van der Waals surface area contributed by atoms with Crippen molar-refractivity contribution in [3.8, 4) is 17.0 Å². The van der Waals surface area contributed by atoms with Gasteiger partial charge in [-0.05, 0) is 36.2 Å². The van der Waals surface area contributed by atoms with Crippen molar-refractivity contribution in [1.82, 2.24) is 20.0 Å². The van der Waals surface area contributed by atoms with Gasteiger partial charge in [0.25, 0.3) is 11.3 Å². The molecule has 0 radical (unpaired) electrons. The van der Waals surface area contributed by atoms with E-state index >= 15 is 0 Å². The minimum atomic E-state index is -0.738. The summed E-state index contributed by atoms with van der Waals surface area (Å²) in [7, 11) is 1.59. The van der Waals surface area contributed by atoms with E-state index in [0.29, 0.717) is 35.0 Å². The lowest BCUT2D eigenvalue weighted by Gasteiger charge is -2.17. The molecule has 2 heterocycles. The molecule has 0 saturated carbocycles. The molecule has 32 heavy (non-hydrogen) atoms. The van der Waals surface area contributed by atoms with Gasteiger partial charge in [-0.2, -0.15) is 0 Å². The quantitative estimate of drug-likeness (QED) is 0.455. The first-order chi connectivity index (χ1) is 15.5. The number of carbonyl (C=O) groups excluding carboxylic acids is 1. The van der Waals surface area contributed by atoms with Gasteiger partial charge >= 0.3 is 0 Å². The van der Waals surface area contributed by atoms with Crippen LogP contribution in [-0.4, -0.2) is 27.7 Å². The Balaban J connectivity index is 1.64.